The quantitative estimate of drug-likeness (QED) is 0.510. The van der Waals surface area contributed by atoms with Crippen LogP contribution in [0.3, 0.4) is 0 Å². The molecular formula is C23H25F3N2O. The zero-order valence-corrected chi connectivity index (χ0v) is 16.5. The highest BCUT2D eigenvalue weighted by Crippen LogP contribution is 2.40. The van der Waals surface area contributed by atoms with Gasteiger partial charge < -0.3 is 10.3 Å². The van der Waals surface area contributed by atoms with E-state index in [-0.39, 0.29) is 17.9 Å². The molecule has 1 heterocycles. The summed E-state index contributed by atoms with van der Waals surface area (Å²) in [5.74, 6) is -0.522. The Labute approximate surface area is 168 Å². The molecule has 1 aromatic heterocycles. The van der Waals surface area contributed by atoms with E-state index in [9.17, 15) is 18.0 Å². The van der Waals surface area contributed by atoms with Gasteiger partial charge in [-0.1, -0.05) is 50.2 Å². The molecule has 1 amide bonds. The van der Waals surface area contributed by atoms with E-state index in [1.54, 1.807) is 12.3 Å². The van der Waals surface area contributed by atoms with Crippen molar-refractivity contribution in [3.8, 4) is 0 Å². The highest BCUT2D eigenvalue weighted by atomic mass is 19.4. The number of aromatic amines is 1. The molecule has 0 saturated carbocycles. The van der Waals surface area contributed by atoms with Gasteiger partial charge in [-0.3, -0.25) is 4.79 Å². The number of fused-ring (bicyclic) bond motifs is 1. The van der Waals surface area contributed by atoms with Gasteiger partial charge in [-0.25, -0.2) is 0 Å². The molecule has 3 nitrogen and oxygen atoms in total. The lowest BCUT2D eigenvalue weighted by Crippen LogP contribution is -2.27. The molecule has 0 fully saturated rings. The Bertz CT molecular complexity index is 975. The minimum atomic E-state index is -4.49. The highest BCUT2D eigenvalue weighted by Gasteiger charge is 2.36. The maximum Gasteiger partial charge on any atom is 0.416 e. The largest absolute Gasteiger partial charge is 0.416 e. The number of hydrogen-bond acceptors (Lipinski definition) is 1. The van der Waals surface area contributed by atoms with E-state index >= 15 is 0 Å². The number of halogens is 3. The first-order chi connectivity index (χ1) is 13.8. The second kappa shape index (κ2) is 8.72. The summed E-state index contributed by atoms with van der Waals surface area (Å²) in [6, 6.07) is 12.9. The zero-order chi connectivity index (χ0) is 21.0. The van der Waals surface area contributed by atoms with Crippen molar-refractivity contribution in [2.45, 2.75) is 38.8 Å². The second-order valence-electron chi connectivity index (χ2n) is 7.66. The molecule has 6 heteroatoms. The van der Waals surface area contributed by atoms with Gasteiger partial charge in [0.15, 0.2) is 0 Å². The van der Waals surface area contributed by atoms with Gasteiger partial charge in [0.25, 0.3) is 0 Å². The smallest absolute Gasteiger partial charge is 0.361 e. The third-order valence-electron chi connectivity index (χ3n) is 5.07. The molecule has 29 heavy (non-hydrogen) atoms. The minimum absolute atomic E-state index is 0.0486. The van der Waals surface area contributed by atoms with Crippen LogP contribution in [0.15, 0.2) is 54.7 Å². The van der Waals surface area contributed by atoms with Crippen molar-refractivity contribution in [2.75, 3.05) is 6.54 Å². The molecule has 3 aromatic rings. The van der Waals surface area contributed by atoms with Crippen molar-refractivity contribution >= 4 is 16.8 Å². The molecule has 0 radical (unpaired) electrons. The average molecular weight is 402 g/mol. The van der Waals surface area contributed by atoms with Crippen molar-refractivity contribution in [3.05, 3.63) is 71.4 Å². The monoisotopic (exact) mass is 402 g/mol. The van der Waals surface area contributed by atoms with Crippen LogP contribution in [-0.2, 0) is 11.0 Å². The fraction of sp³-hybridized carbons (Fsp3) is 0.348. The van der Waals surface area contributed by atoms with E-state index < -0.39 is 17.7 Å². The number of rotatable bonds is 7. The summed E-state index contributed by atoms with van der Waals surface area (Å²) in [5.41, 5.74) is 0.933. The number of nitrogens with one attached hydrogen (secondary N) is 2. The summed E-state index contributed by atoms with van der Waals surface area (Å²) in [4.78, 5) is 15.7. The number of aromatic nitrogens is 1. The van der Waals surface area contributed by atoms with Gasteiger partial charge in [0.05, 0.1) is 5.56 Å². The highest BCUT2D eigenvalue weighted by molar-refractivity contribution is 5.86. The lowest BCUT2D eigenvalue weighted by atomic mass is 9.85. The Morgan fingerprint density at radius 2 is 1.72 bits per heavy atom. The Balaban J connectivity index is 2.01. The van der Waals surface area contributed by atoms with Crippen LogP contribution < -0.4 is 5.32 Å². The predicted molar refractivity (Wildman–Crippen MR) is 109 cm³/mol. The van der Waals surface area contributed by atoms with Gasteiger partial charge in [-0.2, -0.15) is 13.2 Å². The van der Waals surface area contributed by atoms with Crippen LogP contribution in [-0.4, -0.2) is 17.4 Å². The molecule has 2 N–H and O–H groups in total. The molecule has 3 rings (SSSR count). The van der Waals surface area contributed by atoms with E-state index in [1.807, 2.05) is 24.3 Å². The number of carbonyl (C=O) groups excluding carboxylic acids is 1. The lowest BCUT2D eigenvalue weighted by Gasteiger charge is -2.22. The van der Waals surface area contributed by atoms with E-state index in [1.165, 1.54) is 12.1 Å². The Kier molecular flexibility index (Phi) is 6.30. The number of carbonyl (C=O) groups is 1. The van der Waals surface area contributed by atoms with Crippen LogP contribution in [0.4, 0.5) is 13.2 Å². The van der Waals surface area contributed by atoms with Crippen LogP contribution in [0.25, 0.3) is 10.9 Å². The van der Waals surface area contributed by atoms with E-state index in [0.29, 0.717) is 18.0 Å². The van der Waals surface area contributed by atoms with Crippen LogP contribution in [0.1, 0.15) is 49.3 Å². The molecule has 0 unspecified atom stereocenters. The fourth-order valence-electron chi connectivity index (χ4n) is 3.59. The molecular weight excluding hydrogens is 377 g/mol. The number of hydrogen-bond donors (Lipinski definition) is 2. The Morgan fingerprint density at radius 3 is 2.45 bits per heavy atom. The molecule has 0 aliphatic rings. The Morgan fingerprint density at radius 1 is 1.03 bits per heavy atom. The van der Waals surface area contributed by atoms with E-state index in [4.69, 9.17) is 0 Å². The number of H-pyrrole nitrogens is 1. The van der Waals surface area contributed by atoms with Crippen molar-refractivity contribution in [1.82, 2.24) is 10.3 Å². The number of benzene rings is 2. The molecule has 0 aliphatic carbocycles. The predicted octanol–water partition coefficient (Wildman–Crippen LogP) is 5.87. The summed E-state index contributed by atoms with van der Waals surface area (Å²) < 4.78 is 41.1. The summed E-state index contributed by atoms with van der Waals surface area (Å²) in [6.07, 6.45) is -2.01. The van der Waals surface area contributed by atoms with Crippen LogP contribution >= 0.6 is 0 Å². The van der Waals surface area contributed by atoms with E-state index in [0.717, 1.165) is 23.4 Å². The summed E-state index contributed by atoms with van der Waals surface area (Å²) in [5, 5.41) is 3.68. The van der Waals surface area contributed by atoms with Crippen molar-refractivity contribution in [1.29, 1.82) is 0 Å². The first-order valence-corrected chi connectivity index (χ1v) is 9.76. The molecule has 0 saturated heterocycles. The lowest BCUT2D eigenvalue weighted by molar-refractivity contribution is -0.138. The second-order valence-corrected chi connectivity index (χ2v) is 7.66. The van der Waals surface area contributed by atoms with Crippen molar-refractivity contribution < 1.29 is 18.0 Å². The number of amides is 1. The average Bonchev–Trinajstić information content (AvgIpc) is 3.09. The first kappa shape index (κ1) is 21.0. The maximum absolute atomic E-state index is 13.7. The topological polar surface area (TPSA) is 44.9 Å². The van der Waals surface area contributed by atoms with Gasteiger partial charge in [0.2, 0.25) is 5.91 Å². The number of alkyl halides is 3. The van der Waals surface area contributed by atoms with Gasteiger partial charge in [0, 0.05) is 36.0 Å². The third-order valence-corrected chi connectivity index (χ3v) is 5.07. The SMILES string of the molecule is CC(C)CCNC(=O)C[C@H](c1ccccc1C(F)(F)F)c1c[nH]c2ccccc12. The molecule has 154 valence electrons. The van der Waals surface area contributed by atoms with E-state index in [2.05, 4.69) is 24.1 Å². The molecule has 0 spiro atoms. The van der Waals surface area contributed by atoms with Gasteiger partial charge >= 0.3 is 6.18 Å². The summed E-state index contributed by atoms with van der Waals surface area (Å²) in [6.45, 7) is 4.62. The fourth-order valence-corrected chi connectivity index (χ4v) is 3.59. The normalized spacial score (nSPS) is 13.0. The van der Waals surface area contributed by atoms with Crippen molar-refractivity contribution in [3.63, 3.8) is 0 Å². The summed E-state index contributed by atoms with van der Waals surface area (Å²) >= 11 is 0. The molecule has 2 aromatic carbocycles. The van der Waals surface area contributed by atoms with Crippen LogP contribution in [0.2, 0.25) is 0 Å². The van der Waals surface area contributed by atoms with Gasteiger partial charge in [-0.05, 0) is 35.6 Å². The third kappa shape index (κ3) is 5.00. The summed E-state index contributed by atoms with van der Waals surface area (Å²) in [7, 11) is 0. The molecule has 1 atom stereocenters. The first-order valence-electron chi connectivity index (χ1n) is 9.76. The standard InChI is InChI=1S/C23H25F3N2O/c1-15(2)11-12-27-22(29)13-18(16-7-3-5-9-20(16)23(24,25)26)19-14-28-21-10-6-4-8-17(19)21/h3-10,14-15,18,28H,11-13H2,1-2H3,(H,27,29)/t18-/m1/s1. The van der Waals surface area contributed by atoms with Crippen molar-refractivity contribution in [2.24, 2.45) is 5.92 Å². The molecule has 0 aliphatic heterocycles. The van der Waals surface area contributed by atoms with Gasteiger partial charge in [0.1, 0.15) is 0 Å². The van der Waals surface area contributed by atoms with Crippen LogP contribution in [0, 0.1) is 5.92 Å². The number of para-hydroxylation sites is 1. The zero-order valence-electron chi connectivity index (χ0n) is 16.5. The molecule has 0 bridgehead atoms. The van der Waals surface area contributed by atoms with Crippen LogP contribution in [0.5, 0.6) is 0 Å². The minimum Gasteiger partial charge on any atom is -0.361 e. The van der Waals surface area contributed by atoms with Gasteiger partial charge in [-0.15, -0.1) is 0 Å². The Hall–Kier alpha value is -2.76. The maximum atomic E-state index is 13.7.